The topological polar surface area (TPSA) is 52.6 Å². The van der Waals surface area contributed by atoms with Crippen molar-refractivity contribution in [2.75, 3.05) is 20.3 Å². The van der Waals surface area contributed by atoms with Gasteiger partial charge in [0.05, 0.1) is 18.8 Å². The number of hydrogen-bond acceptors (Lipinski definition) is 4. The van der Waals surface area contributed by atoms with Crippen molar-refractivity contribution in [2.24, 2.45) is 5.41 Å². The molecule has 1 aromatic carbocycles. The molecule has 0 aromatic heterocycles. The van der Waals surface area contributed by atoms with Gasteiger partial charge in [-0.15, -0.1) is 0 Å². The minimum Gasteiger partial charge on any atom is -0.461 e. The van der Waals surface area contributed by atoms with Gasteiger partial charge in [-0.3, -0.25) is 4.79 Å². The van der Waals surface area contributed by atoms with Crippen molar-refractivity contribution in [1.82, 2.24) is 0 Å². The summed E-state index contributed by atoms with van der Waals surface area (Å²) in [5.41, 5.74) is 0.804. The lowest BCUT2D eigenvalue weighted by atomic mass is 9.96. The Bertz CT molecular complexity index is 446. The van der Waals surface area contributed by atoms with Crippen molar-refractivity contribution in [3.8, 4) is 0 Å². The molecule has 104 valence electrons. The Morgan fingerprint density at radius 1 is 1.05 bits per heavy atom. The summed E-state index contributed by atoms with van der Waals surface area (Å²) in [6, 6.07) is 6.45. The minimum atomic E-state index is -0.390. The van der Waals surface area contributed by atoms with E-state index >= 15 is 0 Å². The van der Waals surface area contributed by atoms with Crippen molar-refractivity contribution in [2.45, 2.75) is 20.8 Å². The van der Waals surface area contributed by atoms with E-state index in [9.17, 15) is 9.59 Å². The maximum absolute atomic E-state index is 11.8. The van der Waals surface area contributed by atoms with E-state index in [0.29, 0.717) is 17.7 Å². The highest BCUT2D eigenvalue weighted by molar-refractivity contribution is 5.96. The average Bonchev–Trinajstić information content (AvgIpc) is 2.36. The molecule has 1 rings (SSSR count). The summed E-state index contributed by atoms with van der Waals surface area (Å²) in [4.78, 5) is 23.0. The van der Waals surface area contributed by atoms with Gasteiger partial charge in [-0.1, -0.05) is 26.0 Å². The number of carbonyl (C=O) groups excluding carboxylic acids is 2. The summed E-state index contributed by atoms with van der Waals surface area (Å²) in [5, 5.41) is 0. The zero-order chi connectivity index (χ0) is 14.5. The Balaban J connectivity index is 2.61. The van der Waals surface area contributed by atoms with Crippen LogP contribution in [0.2, 0.25) is 0 Å². The van der Waals surface area contributed by atoms with E-state index in [1.54, 1.807) is 31.4 Å². The quantitative estimate of drug-likeness (QED) is 0.585. The van der Waals surface area contributed by atoms with E-state index in [1.165, 1.54) is 6.92 Å². The van der Waals surface area contributed by atoms with Crippen molar-refractivity contribution < 1.29 is 19.1 Å². The predicted molar refractivity (Wildman–Crippen MR) is 72.4 cm³/mol. The molecule has 0 aliphatic carbocycles. The zero-order valence-electron chi connectivity index (χ0n) is 11.9. The summed E-state index contributed by atoms with van der Waals surface area (Å²) >= 11 is 0. The van der Waals surface area contributed by atoms with Crippen LogP contribution < -0.4 is 0 Å². The first-order valence-corrected chi connectivity index (χ1v) is 6.13. The molecule has 0 atom stereocenters. The maximum atomic E-state index is 11.8. The second-order valence-corrected chi connectivity index (χ2v) is 5.31. The number of rotatable bonds is 6. The fourth-order valence-corrected chi connectivity index (χ4v) is 1.62. The molecule has 0 radical (unpaired) electrons. The lowest BCUT2D eigenvalue weighted by Crippen LogP contribution is -2.26. The van der Waals surface area contributed by atoms with Gasteiger partial charge in [0, 0.05) is 18.1 Å². The fourth-order valence-electron chi connectivity index (χ4n) is 1.62. The Morgan fingerprint density at radius 2 is 1.58 bits per heavy atom. The number of esters is 1. The third-order valence-corrected chi connectivity index (χ3v) is 2.66. The van der Waals surface area contributed by atoms with Gasteiger partial charge in [-0.25, -0.2) is 4.79 Å². The van der Waals surface area contributed by atoms with Crippen LogP contribution in [-0.4, -0.2) is 32.1 Å². The molecular weight excluding hydrogens is 244 g/mol. The number of benzene rings is 1. The second kappa shape index (κ2) is 6.48. The van der Waals surface area contributed by atoms with Crippen LogP contribution in [0, 0.1) is 5.41 Å². The van der Waals surface area contributed by atoms with Crippen LogP contribution in [0.15, 0.2) is 24.3 Å². The molecule has 0 unspecified atom stereocenters. The van der Waals surface area contributed by atoms with Crippen LogP contribution in [0.25, 0.3) is 0 Å². The monoisotopic (exact) mass is 264 g/mol. The molecule has 0 aliphatic heterocycles. The van der Waals surface area contributed by atoms with E-state index in [-0.39, 0.29) is 23.8 Å². The Kier molecular flexibility index (Phi) is 5.24. The summed E-state index contributed by atoms with van der Waals surface area (Å²) in [5.74, 6) is -0.416. The summed E-state index contributed by atoms with van der Waals surface area (Å²) < 4.78 is 10.3. The maximum Gasteiger partial charge on any atom is 0.338 e. The molecule has 4 nitrogen and oxygen atoms in total. The van der Waals surface area contributed by atoms with Gasteiger partial charge in [-0.05, 0) is 19.1 Å². The molecule has 0 fully saturated rings. The van der Waals surface area contributed by atoms with E-state index in [2.05, 4.69) is 0 Å². The van der Waals surface area contributed by atoms with E-state index in [0.717, 1.165) is 0 Å². The zero-order valence-corrected chi connectivity index (χ0v) is 11.9. The highest BCUT2D eigenvalue weighted by atomic mass is 16.5. The molecule has 0 bridgehead atoms. The molecule has 0 N–H and O–H groups in total. The van der Waals surface area contributed by atoms with Crippen LogP contribution in [-0.2, 0) is 9.47 Å². The minimum absolute atomic E-state index is 0.0267. The summed E-state index contributed by atoms with van der Waals surface area (Å²) in [6.07, 6.45) is 0. The second-order valence-electron chi connectivity index (χ2n) is 5.31. The van der Waals surface area contributed by atoms with Gasteiger partial charge < -0.3 is 9.47 Å². The first kappa shape index (κ1) is 15.4. The third kappa shape index (κ3) is 4.83. The van der Waals surface area contributed by atoms with Crippen molar-refractivity contribution in [3.63, 3.8) is 0 Å². The van der Waals surface area contributed by atoms with Crippen molar-refractivity contribution in [3.05, 3.63) is 35.4 Å². The number of ketones is 1. The van der Waals surface area contributed by atoms with Gasteiger partial charge >= 0.3 is 5.97 Å². The van der Waals surface area contributed by atoms with E-state index < -0.39 is 0 Å². The number of ether oxygens (including phenoxy) is 2. The van der Waals surface area contributed by atoms with Gasteiger partial charge in [-0.2, -0.15) is 0 Å². The summed E-state index contributed by atoms with van der Waals surface area (Å²) in [6.45, 7) is 6.21. The molecule has 0 heterocycles. The van der Waals surface area contributed by atoms with Gasteiger partial charge in [0.25, 0.3) is 0 Å². The number of methoxy groups -OCH3 is 1. The average molecular weight is 264 g/mol. The summed E-state index contributed by atoms with van der Waals surface area (Å²) in [7, 11) is 1.62. The van der Waals surface area contributed by atoms with Crippen LogP contribution in [0.5, 0.6) is 0 Å². The first-order chi connectivity index (χ1) is 8.85. The Labute approximate surface area is 113 Å². The van der Waals surface area contributed by atoms with Gasteiger partial charge in [0.15, 0.2) is 5.78 Å². The molecule has 19 heavy (non-hydrogen) atoms. The van der Waals surface area contributed by atoms with Crippen molar-refractivity contribution >= 4 is 11.8 Å². The smallest absolute Gasteiger partial charge is 0.338 e. The Hall–Kier alpha value is -1.68. The molecule has 0 amide bonds. The van der Waals surface area contributed by atoms with Gasteiger partial charge in [0.1, 0.15) is 0 Å². The molecule has 0 spiro atoms. The van der Waals surface area contributed by atoms with Crippen LogP contribution in [0.3, 0.4) is 0 Å². The lowest BCUT2D eigenvalue weighted by molar-refractivity contribution is 0.0136. The lowest BCUT2D eigenvalue weighted by Gasteiger charge is -2.22. The van der Waals surface area contributed by atoms with Gasteiger partial charge in [0.2, 0.25) is 0 Å². The highest BCUT2D eigenvalue weighted by Crippen LogP contribution is 2.16. The standard InChI is InChI=1S/C15H20O4/c1-11(16)12-5-7-13(8-6-12)14(17)19-10-15(2,3)9-18-4/h5-8H,9-10H2,1-4H3. The SMILES string of the molecule is COCC(C)(C)COC(=O)c1ccc(C(C)=O)cc1. The Morgan fingerprint density at radius 3 is 2.05 bits per heavy atom. The number of hydrogen-bond donors (Lipinski definition) is 0. The normalized spacial score (nSPS) is 11.2. The van der Waals surface area contributed by atoms with Crippen LogP contribution in [0.4, 0.5) is 0 Å². The molecule has 0 saturated carbocycles. The van der Waals surface area contributed by atoms with E-state index in [1.807, 2.05) is 13.8 Å². The molecular formula is C15H20O4. The number of Topliss-reactive ketones (excluding diaryl/α,β-unsaturated/α-hetero) is 1. The highest BCUT2D eigenvalue weighted by Gasteiger charge is 2.20. The predicted octanol–water partition coefficient (Wildman–Crippen LogP) is 2.72. The first-order valence-electron chi connectivity index (χ1n) is 6.13. The van der Waals surface area contributed by atoms with Crippen LogP contribution >= 0.6 is 0 Å². The number of carbonyl (C=O) groups is 2. The molecule has 1 aromatic rings. The van der Waals surface area contributed by atoms with Crippen molar-refractivity contribution in [1.29, 1.82) is 0 Å². The molecule has 4 heteroatoms. The van der Waals surface area contributed by atoms with E-state index in [4.69, 9.17) is 9.47 Å². The molecule has 0 saturated heterocycles. The largest absolute Gasteiger partial charge is 0.461 e. The molecule has 0 aliphatic rings. The fraction of sp³-hybridized carbons (Fsp3) is 0.467. The van der Waals surface area contributed by atoms with Crippen LogP contribution in [0.1, 0.15) is 41.5 Å². The third-order valence-electron chi connectivity index (χ3n) is 2.66.